The smallest absolute Gasteiger partial charge is 0.339 e. The lowest BCUT2D eigenvalue weighted by Gasteiger charge is -2.12. The van der Waals surface area contributed by atoms with E-state index >= 15 is 0 Å². The number of ether oxygens (including phenoxy) is 1. The number of carbonyl (C=O) groups excluding carboxylic acids is 2. The molecule has 1 N–H and O–H groups in total. The molecule has 0 radical (unpaired) electrons. The summed E-state index contributed by atoms with van der Waals surface area (Å²) in [5.41, 5.74) is 2.85. The maximum Gasteiger partial charge on any atom is 0.339 e. The highest BCUT2D eigenvalue weighted by Gasteiger charge is 2.20. The number of furan rings is 1. The molecular formula is C22H17FN2O4. The third kappa shape index (κ3) is 3.62. The van der Waals surface area contributed by atoms with Crippen molar-refractivity contribution in [3.8, 4) is 0 Å². The normalized spacial score (nSPS) is 10.8. The van der Waals surface area contributed by atoms with Crippen LogP contribution in [0, 0.1) is 5.82 Å². The van der Waals surface area contributed by atoms with E-state index in [-0.39, 0.29) is 17.9 Å². The van der Waals surface area contributed by atoms with E-state index in [2.05, 4.69) is 5.32 Å². The number of benzene rings is 2. The van der Waals surface area contributed by atoms with Crippen molar-refractivity contribution in [3.05, 3.63) is 89.6 Å². The van der Waals surface area contributed by atoms with Gasteiger partial charge in [0.05, 0.1) is 30.1 Å². The molecule has 29 heavy (non-hydrogen) atoms. The molecule has 6 nitrogen and oxygen atoms in total. The zero-order chi connectivity index (χ0) is 20.4. The second kappa shape index (κ2) is 7.63. The highest BCUT2D eigenvalue weighted by molar-refractivity contribution is 6.09. The van der Waals surface area contributed by atoms with Gasteiger partial charge in [0, 0.05) is 18.7 Å². The molecule has 2 aromatic carbocycles. The second-order valence-corrected chi connectivity index (χ2v) is 6.41. The van der Waals surface area contributed by atoms with Crippen LogP contribution in [-0.4, -0.2) is 23.6 Å². The lowest BCUT2D eigenvalue weighted by molar-refractivity contribution is 0.0602. The Labute approximate surface area is 165 Å². The molecule has 0 saturated carbocycles. The molecule has 0 aliphatic rings. The number of methoxy groups -OCH3 is 1. The Bertz CT molecular complexity index is 1210. The number of para-hydroxylation sites is 1. The van der Waals surface area contributed by atoms with Crippen molar-refractivity contribution in [2.45, 2.75) is 6.54 Å². The van der Waals surface area contributed by atoms with E-state index in [9.17, 15) is 14.0 Å². The van der Waals surface area contributed by atoms with Gasteiger partial charge in [-0.1, -0.05) is 24.3 Å². The Kier molecular flexibility index (Phi) is 4.87. The number of aromatic nitrogens is 1. The van der Waals surface area contributed by atoms with Crippen molar-refractivity contribution < 1.29 is 23.1 Å². The first-order valence-electron chi connectivity index (χ1n) is 8.86. The lowest BCUT2D eigenvalue weighted by Crippen LogP contribution is -2.19. The first-order chi connectivity index (χ1) is 14.1. The van der Waals surface area contributed by atoms with E-state index in [1.807, 2.05) is 0 Å². The van der Waals surface area contributed by atoms with Gasteiger partial charge < -0.3 is 19.0 Å². The summed E-state index contributed by atoms with van der Waals surface area (Å²) in [7, 11) is 1.28. The fourth-order valence-corrected chi connectivity index (χ4v) is 3.22. The van der Waals surface area contributed by atoms with Gasteiger partial charge in [0.25, 0.3) is 5.91 Å². The maximum absolute atomic E-state index is 13.6. The van der Waals surface area contributed by atoms with Crippen molar-refractivity contribution in [1.82, 2.24) is 4.57 Å². The number of esters is 1. The number of nitrogens with one attached hydrogen (secondary N) is 1. The molecular weight excluding hydrogens is 375 g/mol. The second-order valence-electron chi connectivity index (χ2n) is 6.41. The molecule has 0 saturated heterocycles. The number of carbonyl (C=O) groups is 2. The van der Waals surface area contributed by atoms with Crippen LogP contribution in [0.3, 0.4) is 0 Å². The largest absolute Gasteiger partial charge is 0.465 e. The predicted octanol–water partition coefficient (Wildman–Crippen LogP) is 4.46. The van der Waals surface area contributed by atoms with E-state index in [0.717, 1.165) is 0 Å². The summed E-state index contributed by atoms with van der Waals surface area (Å²) in [5, 5.41) is 2.75. The Morgan fingerprint density at radius 2 is 1.93 bits per heavy atom. The summed E-state index contributed by atoms with van der Waals surface area (Å²) in [4.78, 5) is 25.0. The molecule has 0 atom stereocenters. The molecule has 1 amide bonds. The molecule has 2 heterocycles. The Hall–Kier alpha value is -3.87. The van der Waals surface area contributed by atoms with Crippen LogP contribution in [-0.2, 0) is 11.3 Å². The number of anilines is 1. The SMILES string of the molecule is COC(=O)c1ccccc1NC(=O)c1cc2occc2n1Cc1cccc(F)c1. The van der Waals surface area contributed by atoms with Gasteiger partial charge in [0.1, 0.15) is 11.5 Å². The van der Waals surface area contributed by atoms with Gasteiger partial charge in [-0.05, 0) is 29.8 Å². The molecule has 146 valence electrons. The lowest BCUT2D eigenvalue weighted by atomic mass is 10.1. The van der Waals surface area contributed by atoms with Crippen LogP contribution in [0.2, 0.25) is 0 Å². The average Bonchev–Trinajstić information content (AvgIpc) is 3.30. The van der Waals surface area contributed by atoms with Gasteiger partial charge in [-0.15, -0.1) is 0 Å². The van der Waals surface area contributed by atoms with Gasteiger partial charge in [-0.3, -0.25) is 4.79 Å². The monoisotopic (exact) mass is 392 g/mol. The Balaban J connectivity index is 1.70. The first kappa shape index (κ1) is 18.5. The molecule has 0 aliphatic heterocycles. The van der Waals surface area contributed by atoms with Crippen molar-refractivity contribution in [1.29, 1.82) is 0 Å². The van der Waals surface area contributed by atoms with Crippen molar-refractivity contribution >= 4 is 28.7 Å². The Morgan fingerprint density at radius 3 is 2.72 bits per heavy atom. The predicted molar refractivity (Wildman–Crippen MR) is 105 cm³/mol. The van der Waals surface area contributed by atoms with Crippen LogP contribution in [0.1, 0.15) is 26.4 Å². The van der Waals surface area contributed by atoms with Crippen LogP contribution in [0.15, 0.2) is 71.3 Å². The van der Waals surface area contributed by atoms with Gasteiger partial charge >= 0.3 is 5.97 Å². The Morgan fingerprint density at radius 1 is 1.10 bits per heavy atom. The number of halogens is 1. The molecule has 0 aliphatic carbocycles. The summed E-state index contributed by atoms with van der Waals surface area (Å²) >= 11 is 0. The zero-order valence-electron chi connectivity index (χ0n) is 15.5. The van der Waals surface area contributed by atoms with E-state index < -0.39 is 11.9 Å². The number of nitrogens with zero attached hydrogens (tertiary/aromatic N) is 1. The van der Waals surface area contributed by atoms with Crippen molar-refractivity contribution in [3.63, 3.8) is 0 Å². The van der Waals surface area contributed by atoms with Gasteiger partial charge in [0.2, 0.25) is 0 Å². The molecule has 0 spiro atoms. The van der Waals surface area contributed by atoms with Crippen LogP contribution in [0.4, 0.5) is 10.1 Å². The molecule has 2 aromatic heterocycles. The van der Waals surface area contributed by atoms with E-state index in [0.29, 0.717) is 28.0 Å². The summed E-state index contributed by atoms with van der Waals surface area (Å²) in [5.74, 6) is -1.33. The van der Waals surface area contributed by atoms with Crippen LogP contribution in [0.5, 0.6) is 0 Å². The summed E-state index contributed by atoms with van der Waals surface area (Å²) in [6, 6.07) is 16.1. The van der Waals surface area contributed by atoms with Gasteiger partial charge in [-0.2, -0.15) is 0 Å². The highest BCUT2D eigenvalue weighted by atomic mass is 19.1. The summed E-state index contributed by atoms with van der Waals surface area (Å²) in [6.07, 6.45) is 1.53. The third-order valence-electron chi connectivity index (χ3n) is 4.57. The fourth-order valence-electron chi connectivity index (χ4n) is 3.22. The standard InChI is InChI=1S/C22H17FN2O4/c1-28-22(27)16-7-2-3-8-17(16)24-21(26)19-12-20-18(9-10-29-20)25(19)13-14-5-4-6-15(23)11-14/h2-12H,13H2,1H3,(H,24,26). The number of hydrogen-bond donors (Lipinski definition) is 1. The van der Waals surface area contributed by atoms with Crippen LogP contribution >= 0.6 is 0 Å². The van der Waals surface area contributed by atoms with E-state index in [4.69, 9.17) is 9.15 Å². The number of fused-ring (bicyclic) bond motifs is 1. The summed E-state index contributed by atoms with van der Waals surface area (Å²) < 4.78 is 25.5. The maximum atomic E-state index is 13.6. The number of rotatable bonds is 5. The van der Waals surface area contributed by atoms with Gasteiger partial charge in [-0.25, -0.2) is 9.18 Å². The zero-order valence-corrected chi connectivity index (χ0v) is 15.5. The highest BCUT2D eigenvalue weighted by Crippen LogP contribution is 2.24. The molecule has 0 bridgehead atoms. The number of amides is 1. The van der Waals surface area contributed by atoms with Gasteiger partial charge in [0.15, 0.2) is 5.58 Å². The van der Waals surface area contributed by atoms with Crippen molar-refractivity contribution in [2.24, 2.45) is 0 Å². The molecule has 0 fully saturated rings. The quantitative estimate of drug-likeness (QED) is 0.509. The van der Waals surface area contributed by atoms with Crippen molar-refractivity contribution in [2.75, 3.05) is 12.4 Å². The average molecular weight is 392 g/mol. The molecule has 7 heteroatoms. The molecule has 0 unspecified atom stereocenters. The summed E-state index contributed by atoms with van der Waals surface area (Å²) in [6.45, 7) is 0.280. The fraction of sp³-hybridized carbons (Fsp3) is 0.0909. The minimum atomic E-state index is -0.551. The topological polar surface area (TPSA) is 73.5 Å². The van der Waals surface area contributed by atoms with Crippen LogP contribution < -0.4 is 5.32 Å². The molecule has 4 aromatic rings. The third-order valence-corrected chi connectivity index (χ3v) is 4.57. The minimum Gasteiger partial charge on any atom is -0.465 e. The van der Waals surface area contributed by atoms with E-state index in [1.54, 1.807) is 53.1 Å². The number of hydrogen-bond acceptors (Lipinski definition) is 4. The molecule has 4 rings (SSSR count). The van der Waals surface area contributed by atoms with E-state index in [1.165, 1.54) is 25.5 Å². The first-order valence-corrected chi connectivity index (χ1v) is 8.86. The minimum absolute atomic E-state index is 0.246. The van der Waals surface area contributed by atoms with Crippen LogP contribution in [0.25, 0.3) is 11.1 Å².